The molecule has 0 unspecified atom stereocenters. The van der Waals surface area contributed by atoms with E-state index in [1.807, 2.05) is 13.0 Å². The third-order valence-electron chi connectivity index (χ3n) is 2.63. The Morgan fingerprint density at radius 3 is 2.89 bits per heavy atom. The Morgan fingerprint density at radius 2 is 2.22 bits per heavy atom. The molecule has 0 spiro atoms. The van der Waals surface area contributed by atoms with Gasteiger partial charge in [0.25, 0.3) is 0 Å². The molecule has 2 rings (SSSR count). The van der Waals surface area contributed by atoms with E-state index in [2.05, 4.69) is 4.98 Å². The van der Waals surface area contributed by atoms with E-state index >= 15 is 0 Å². The van der Waals surface area contributed by atoms with Crippen molar-refractivity contribution in [2.75, 3.05) is 13.7 Å². The zero-order chi connectivity index (χ0) is 13.1. The smallest absolute Gasteiger partial charge is 0.229 e. The summed E-state index contributed by atoms with van der Waals surface area (Å²) in [4.78, 5) is 4.38. The summed E-state index contributed by atoms with van der Waals surface area (Å²) < 4.78 is 10.8. The van der Waals surface area contributed by atoms with Crippen LogP contribution in [0.5, 0.6) is 5.75 Å². The Hall–Kier alpha value is -1.52. The second kappa shape index (κ2) is 5.42. The third-order valence-corrected chi connectivity index (χ3v) is 2.84. The van der Waals surface area contributed by atoms with E-state index in [9.17, 15) is 0 Å². The summed E-state index contributed by atoms with van der Waals surface area (Å²) in [6, 6.07) is 3.62. The molecule has 2 aromatic rings. The minimum Gasteiger partial charge on any atom is -0.496 e. The van der Waals surface area contributed by atoms with Crippen LogP contribution in [0.1, 0.15) is 11.3 Å². The highest BCUT2D eigenvalue weighted by Gasteiger charge is 2.15. The number of hydrogen-bond donors (Lipinski definition) is 1. The molecule has 0 radical (unpaired) electrons. The molecular weight excluding hydrogens is 252 g/mol. The molecule has 0 aliphatic rings. The predicted molar refractivity (Wildman–Crippen MR) is 71.0 cm³/mol. The Kier molecular flexibility index (Phi) is 3.89. The lowest BCUT2D eigenvalue weighted by molar-refractivity contribution is 0.411. The van der Waals surface area contributed by atoms with Gasteiger partial charge in [0.05, 0.1) is 18.4 Å². The van der Waals surface area contributed by atoms with Crippen molar-refractivity contribution in [1.82, 2.24) is 4.98 Å². The zero-order valence-electron chi connectivity index (χ0n) is 10.4. The van der Waals surface area contributed by atoms with Gasteiger partial charge in [0.1, 0.15) is 12.0 Å². The van der Waals surface area contributed by atoms with Crippen molar-refractivity contribution in [2.45, 2.75) is 13.3 Å². The molecule has 0 aliphatic carbocycles. The number of halogens is 1. The number of benzene rings is 1. The number of hydrogen-bond acceptors (Lipinski definition) is 4. The van der Waals surface area contributed by atoms with Crippen LogP contribution in [0.3, 0.4) is 0 Å². The van der Waals surface area contributed by atoms with E-state index in [1.165, 1.54) is 0 Å². The first-order chi connectivity index (χ1) is 8.65. The number of methoxy groups -OCH3 is 1. The van der Waals surface area contributed by atoms with Crippen LogP contribution in [0.25, 0.3) is 11.5 Å². The van der Waals surface area contributed by atoms with Crippen LogP contribution in [-0.4, -0.2) is 18.6 Å². The number of rotatable bonds is 4. The maximum absolute atomic E-state index is 6.05. The number of aromatic nitrogens is 1. The molecule has 0 saturated heterocycles. The fourth-order valence-corrected chi connectivity index (χ4v) is 2.13. The van der Waals surface area contributed by atoms with Crippen LogP contribution in [0, 0.1) is 6.92 Å². The molecule has 0 amide bonds. The second-order valence-corrected chi connectivity index (χ2v) is 4.42. The number of ether oxygens (including phenoxy) is 1. The van der Waals surface area contributed by atoms with E-state index < -0.39 is 0 Å². The fourth-order valence-electron chi connectivity index (χ4n) is 1.85. The van der Waals surface area contributed by atoms with Crippen molar-refractivity contribution >= 4 is 11.6 Å². The molecule has 1 aromatic heterocycles. The summed E-state index contributed by atoms with van der Waals surface area (Å²) in [7, 11) is 1.61. The number of oxazole rings is 1. The minimum absolute atomic E-state index is 0.501. The average molecular weight is 267 g/mol. The predicted octanol–water partition coefficient (Wildman–Crippen LogP) is 2.81. The van der Waals surface area contributed by atoms with Crippen LogP contribution >= 0.6 is 11.6 Å². The molecule has 0 aliphatic heterocycles. The van der Waals surface area contributed by atoms with Crippen LogP contribution in [0.4, 0.5) is 0 Å². The van der Waals surface area contributed by atoms with Gasteiger partial charge in [-0.05, 0) is 31.2 Å². The fraction of sp³-hybridized carbons (Fsp3) is 0.308. The van der Waals surface area contributed by atoms with Crippen molar-refractivity contribution in [1.29, 1.82) is 0 Å². The zero-order valence-corrected chi connectivity index (χ0v) is 11.1. The SMILES string of the molecule is COc1c(C)cc(Cl)cc1-c1nc(CCN)co1. The van der Waals surface area contributed by atoms with E-state index in [0.717, 1.165) is 22.6 Å². The summed E-state index contributed by atoms with van der Waals surface area (Å²) >= 11 is 6.05. The van der Waals surface area contributed by atoms with Gasteiger partial charge in [-0.3, -0.25) is 0 Å². The van der Waals surface area contributed by atoms with Crippen molar-refractivity contribution in [3.05, 3.63) is 34.7 Å². The molecule has 18 heavy (non-hydrogen) atoms. The quantitative estimate of drug-likeness (QED) is 0.924. The Morgan fingerprint density at radius 1 is 1.44 bits per heavy atom. The summed E-state index contributed by atoms with van der Waals surface area (Å²) in [6.07, 6.45) is 2.29. The Labute approximate surface area is 111 Å². The molecule has 4 nitrogen and oxygen atoms in total. The molecule has 96 valence electrons. The van der Waals surface area contributed by atoms with Crippen LogP contribution in [-0.2, 0) is 6.42 Å². The summed E-state index contributed by atoms with van der Waals surface area (Å²) in [5.41, 5.74) is 8.01. The van der Waals surface area contributed by atoms with E-state index in [-0.39, 0.29) is 0 Å². The number of nitrogens with two attached hydrogens (primary N) is 1. The highest BCUT2D eigenvalue weighted by Crippen LogP contribution is 2.35. The van der Waals surface area contributed by atoms with Crippen LogP contribution in [0.2, 0.25) is 5.02 Å². The maximum atomic E-state index is 6.05. The number of aryl methyl sites for hydroxylation is 1. The lowest BCUT2D eigenvalue weighted by Gasteiger charge is -2.09. The highest BCUT2D eigenvalue weighted by atomic mass is 35.5. The van der Waals surface area contributed by atoms with Gasteiger partial charge >= 0.3 is 0 Å². The van der Waals surface area contributed by atoms with Crippen molar-refractivity contribution in [3.8, 4) is 17.2 Å². The van der Waals surface area contributed by atoms with Gasteiger partial charge in [-0.15, -0.1) is 0 Å². The number of nitrogens with zero attached hydrogens (tertiary/aromatic N) is 1. The summed E-state index contributed by atoms with van der Waals surface area (Å²) in [6.45, 7) is 2.47. The van der Waals surface area contributed by atoms with Gasteiger partial charge < -0.3 is 14.9 Å². The third kappa shape index (κ3) is 2.49. The van der Waals surface area contributed by atoms with E-state index in [1.54, 1.807) is 19.4 Å². The Bertz CT molecular complexity index is 552. The lowest BCUT2D eigenvalue weighted by Crippen LogP contribution is -2.02. The molecular formula is C13H15ClN2O2. The van der Waals surface area contributed by atoms with Crippen molar-refractivity contribution in [3.63, 3.8) is 0 Å². The van der Waals surface area contributed by atoms with Crippen molar-refractivity contribution < 1.29 is 9.15 Å². The maximum Gasteiger partial charge on any atom is 0.229 e. The average Bonchev–Trinajstić information content (AvgIpc) is 2.77. The highest BCUT2D eigenvalue weighted by molar-refractivity contribution is 6.31. The molecule has 1 heterocycles. The molecule has 0 fully saturated rings. The normalized spacial score (nSPS) is 10.7. The topological polar surface area (TPSA) is 61.3 Å². The standard InChI is InChI=1S/C13H15ClN2O2/c1-8-5-9(14)6-11(12(8)17-2)13-16-10(3-4-15)7-18-13/h5-7H,3-4,15H2,1-2H3. The van der Waals surface area contributed by atoms with Gasteiger partial charge in [-0.2, -0.15) is 0 Å². The first-order valence-electron chi connectivity index (χ1n) is 5.64. The van der Waals surface area contributed by atoms with E-state index in [4.69, 9.17) is 26.5 Å². The largest absolute Gasteiger partial charge is 0.496 e. The monoisotopic (exact) mass is 266 g/mol. The van der Waals surface area contributed by atoms with Gasteiger partial charge in [0.15, 0.2) is 0 Å². The lowest BCUT2D eigenvalue weighted by atomic mass is 10.1. The molecule has 0 atom stereocenters. The Balaban J connectivity index is 2.48. The van der Waals surface area contributed by atoms with Crippen LogP contribution in [0.15, 0.2) is 22.8 Å². The summed E-state index contributed by atoms with van der Waals surface area (Å²) in [5, 5.41) is 0.627. The molecule has 1 aromatic carbocycles. The van der Waals surface area contributed by atoms with Crippen LogP contribution < -0.4 is 10.5 Å². The minimum atomic E-state index is 0.501. The molecule has 0 bridgehead atoms. The second-order valence-electron chi connectivity index (χ2n) is 3.99. The van der Waals surface area contributed by atoms with Gasteiger partial charge in [0.2, 0.25) is 5.89 Å². The molecule has 2 N–H and O–H groups in total. The van der Waals surface area contributed by atoms with E-state index in [0.29, 0.717) is 23.9 Å². The van der Waals surface area contributed by atoms with Gasteiger partial charge in [-0.1, -0.05) is 11.6 Å². The first kappa shape index (κ1) is 12.9. The molecule has 5 heteroatoms. The van der Waals surface area contributed by atoms with Gasteiger partial charge in [-0.25, -0.2) is 4.98 Å². The van der Waals surface area contributed by atoms with Gasteiger partial charge in [0, 0.05) is 11.4 Å². The van der Waals surface area contributed by atoms with Crippen molar-refractivity contribution in [2.24, 2.45) is 5.73 Å². The first-order valence-corrected chi connectivity index (χ1v) is 6.02. The molecule has 0 saturated carbocycles. The summed E-state index contributed by atoms with van der Waals surface area (Å²) in [5.74, 6) is 1.22.